The fourth-order valence-electron chi connectivity index (χ4n) is 2.18. The number of carbonyl (C=O) groups excluding carboxylic acids is 2. The lowest BCUT2D eigenvalue weighted by Gasteiger charge is -2.29. The summed E-state index contributed by atoms with van der Waals surface area (Å²) in [5.41, 5.74) is -0.631. The highest BCUT2D eigenvalue weighted by atomic mass is 19.1. The number of nitrogens with zero attached hydrogens (tertiary/aromatic N) is 2. The molecular formula is C14H17F2N3O2. The van der Waals surface area contributed by atoms with E-state index >= 15 is 0 Å². The predicted molar refractivity (Wildman–Crippen MR) is 72.8 cm³/mol. The molecule has 1 aliphatic heterocycles. The van der Waals surface area contributed by atoms with Crippen LogP contribution in [-0.2, 0) is 4.79 Å². The van der Waals surface area contributed by atoms with Crippen molar-refractivity contribution in [3.8, 4) is 0 Å². The normalized spacial score (nSPS) is 14.9. The molecule has 2 amide bonds. The summed E-state index contributed by atoms with van der Waals surface area (Å²) in [7, 11) is 1.36. The minimum absolute atomic E-state index is 0.202. The summed E-state index contributed by atoms with van der Waals surface area (Å²) in [5.74, 6) is -2.93. The first-order valence-corrected chi connectivity index (χ1v) is 6.68. The summed E-state index contributed by atoms with van der Waals surface area (Å²) >= 11 is 0. The fraction of sp³-hybridized carbons (Fsp3) is 0.429. The molecule has 1 fully saturated rings. The zero-order chi connectivity index (χ0) is 15.4. The molecule has 0 aliphatic carbocycles. The molecule has 2 rings (SSSR count). The van der Waals surface area contributed by atoms with Crippen molar-refractivity contribution in [2.75, 3.05) is 39.8 Å². The van der Waals surface area contributed by atoms with Crippen molar-refractivity contribution >= 4 is 11.8 Å². The Morgan fingerprint density at radius 3 is 2.38 bits per heavy atom. The van der Waals surface area contributed by atoms with Gasteiger partial charge in [0.05, 0.1) is 6.54 Å². The van der Waals surface area contributed by atoms with Gasteiger partial charge >= 0.3 is 0 Å². The summed E-state index contributed by atoms with van der Waals surface area (Å²) in [6.07, 6.45) is 0. The Bertz CT molecular complexity index is 525. The standard InChI is InChI=1S/C14H17F2N3O2/c1-18(9-12(20)19-7-5-17-6-8-19)14(21)13-10(15)3-2-4-11(13)16/h2-4,17H,5-9H2,1H3. The third kappa shape index (κ3) is 3.55. The maximum absolute atomic E-state index is 13.6. The van der Waals surface area contributed by atoms with Crippen molar-refractivity contribution in [2.24, 2.45) is 0 Å². The molecule has 21 heavy (non-hydrogen) atoms. The molecule has 1 aliphatic rings. The third-order valence-corrected chi connectivity index (χ3v) is 3.37. The molecule has 0 bridgehead atoms. The van der Waals surface area contributed by atoms with E-state index in [0.29, 0.717) is 26.2 Å². The second kappa shape index (κ2) is 6.62. The number of rotatable bonds is 3. The lowest BCUT2D eigenvalue weighted by Crippen LogP contribution is -2.49. The molecule has 5 nitrogen and oxygen atoms in total. The Hall–Kier alpha value is -2.02. The average Bonchev–Trinajstić information content (AvgIpc) is 2.47. The molecule has 1 N–H and O–H groups in total. The number of hydrogen-bond acceptors (Lipinski definition) is 3. The SMILES string of the molecule is CN(CC(=O)N1CCNCC1)C(=O)c1c(F)cccc1F. The van der Waals surface area contributed by atoms with Crippen LogP contribution in [0.15, 0.2) is 18.2 Å². The Balaban J connectivity index is 2.04. The van der Waals surface area contributed by atoms with Gasteiger partial charge in [-0.25, -0.2) is 8.78 Å². The average molecular weight is 297 g/mol. The Labute approximate surface area is 121 Å². The van der Waals surface area contributed by atoms with Crippen LogP contribution < -0.4 is 5.32 Å². The van der Waals surface area contributed by atoms with Gasteiger partial charge in [-0.1, -0.05) is 6.07 Å². The number of amides is 2. The number of carbonyl (C=O) groups is 2. The summed E-state index contributed by atoms with van der Waals surface area (Å²) < 4.78 is 27.1. The van der Waals surface area contributed by atoms with Crippen LogP contribution in [0.3, 0.4) is 0 Å². The van der Waals surface area contributed by atoms with Gasteiger partial charge in [0, 0.05) is 33.2 Å². The number of halogens is 2. The van der Waals surface area contributed by atoms with Gasteiger partial charge in [-0.2, -0.15) is 0 Å². The first-order chi connectivity index (χ1) is 10.0. The van der Waals surface area contributed by atoms with Crippen molar-refractivity contribution in [1.29, 1.82) is 0 Å². The highest BCUT2D eigenvalue weighted by Gasteiger charge is 2.24. The zero-order valence-electron chi connectivity index (χ0n) is 11.7. The molecule has 0 saturated carbocycles. The molecule has 114 valence electrons. The van der Waals surface area contributed by atoms with Gasteiger partial charge in [0.1, 0.15) is 17.2 Å². The van der Waals surface area contributed by atoms with E-state index in [1.165, 1.54) is 13.1 Å². The highest BCUT2D eigenvalue weighted by molar-refractivity contribution is 5.96. The topological polar surface area (TPSA) is 52.7 Å². The van der Waals surface area contributed by atoms with Crippen molar-refractivity contribution in [3.05, 3.63) is 35.4 Å². The van der Waals surface area contributed by atoms with E-state index in [1.54, 1.807) is 4.90 Å². The number of likely N-dealkylation sites (N-methyl/N-ethyl adjacent to an activating group) is 1. The molecule has 1 saturated heterocycles. The first-order valence-electron chi connectivity index (χ1n) is 6.68. The van der Waals surface area contributed by atoms with Crippen molar-refractivity contribution < 1.29 is 18.4 Å². The molecule has 1 heterocycles. The largest absolute Gasteiger partial charge is 0.339 e. The summed E-state index contributed by atoms with van der Waals surface area (Å²) in [4.78, 5) is 26.8. The van der Waals surface area contributed by atoms with Gasteiger partial charge in [-0.15, -0.1) is 0 Å². The number of benzene rings is 1. The van der Waals surface area contributed by atoms with Gasteiger partial charge in [0.15, 0.2) is 0 Å². The van der Waals surface area contributed by atoms with Gasteiger partial charge in [-0.3, -0.25) is 9.59 Å². The van der Waals surface area contributed by atoms with E-state index in [-0.39, 0.29) is 12.5 Å². The Morgan fingerprint density at radius 2 is 1.81 bits per heavy atom. The van der Waals surface area contributed by atoms with Crippen LogP contribution in [0, 0.1) is 11.6 Å². The predicted octanol–water partition coefficient (Wildman–Crippen LogP) is 0.469. The first kappa shape index (κ1) is 15.4. The van der Waals surface area contributed by atoms with E-state index in [1.807, 2.05) is 0 Å². The quantitative estimate of drug-likeness (QED) is 0.882. The van der Waals surface area contributed by atoms with Gasteiger partial charge in [-0.05, 0) is 12.1 Å². The minimum Gasteiger partial charge on any atom is -0.339 e. The number of hydrogen-bond donors (Lipinski definition) is 1. The number of piperazine rings is 1. The molecule has 1 aromatic rings. The van der Waals surface area contributed by atoms with Crippen LogP contribution in [0.1, 0.15) is 10.4 Å². The molecule has 0 unspecified atom stereocenters. The van der Waals surface area contributed by atoms with Gasteiger partial charge < -0.3 is 15.1 Å². The third-order valence-electron chi connectivity index (χ3n) is 3.37. The summed E-state index contributed by atoms with van der Waals surface area (Å²) in [6.45, 7) is 2.33. The lowest BCUT2D eigenvalue weighted by atomic mass is 10.1. The molecule has 0 atom stereocenters. The Morgan fingerprint density at radius 1 is 1.24 bits per heavy atom. The molecule has 0 spiro atoms. The van der Waals surface area contributed by atoms with E-state index in [9.17, 15) is 18.4 Å². The monoisotopic (exact) mass is 297 g/mol. The van der Waals surface area contributed by atoms with Crippen LogP contribution >= 0.6 is 0 Å². The second-order valence-electron chi connectivity index (χ2n) is 4.89. The molecular weight excluding hydrogens is 280 g/mol. The fourth-order valence-corrected chi connectivity index (χ4v) is 2.18. The smallest absolute Gasteiger partial charge is 0.260 e. The maximum atomic E-state index is 13.6. The Kier molecular flexibility index (Phi) is 4.85. The van der Waals surface area contributed by atoms with Gasteiger partial charge in [0.25, 0.3) is 5.91 Å². The van der Waals surface area contributed by atoms with Crippen LogP contribution in [0.25, 0.3) is 0 Å². The second-order valence-corrected chi connectivity index (χ2v) is 4.89. The molecule has 7 heteroatoms. The molecule has 0 aromatic heterocycles. The van der Waals surface area contributed by atoms with Crippen molar-refractivity contribution in [2.45, 2.75) is 0 Å². The van der Waals surface area contributed by atoms with E-state index in [2.05, 4.69) is 5.32 Å². The van der Waals surface area contributed by atoms with Crippen LogP contribution in [-0.4, -0.2) is 61.4 Å². The summed E-state index contributed by atoms with van der Waals surface area (Å²) in [6, 6.07) is 3.22. The minimum atomic E-state index is -0.929. The highest BCUT2D eigenvalue weighted by Crippen LogP contribution is 2.14. The maximum Gasteiger partial charge on any atom is 0.260 e. The van der Waals surface area contributed by atoms with Crippen molar-refractivity contribution in [1.82, 2.24) is 15.1 Å². The molecule has 0 radical (unpaired) electrons. The van der Waals surface area contributed by atoms with Gasteiger partial charge in [0.2, 0.25) is 5.91 Å². The number of nitrogens with one attached hydrogen (secondary N) is 1. The lowest BCUT2D eigenvalue weighted by molar-refractivity contribution is -0.132. The van der Waals surface area contributed by atoms with E-state index in [4.69, 9.17) is 0 Å². The van der Waals surface area contributed by atoms with Crippen molar-refractivity contribution in [3.63, 3.8) is 0 Å². The van der Waals surface area contributed by atoms with Crippen LogP contribution in [0.2, 0.25) is 0 Å². The summed E-state index contributed by atoms with van der Waals surface area (Å²) in [5, 5.41) is 3.11. The van der Waals surface area contributed by atoms with Crippen LogP contribution in [0.5, 0.6) is 0 Å². The van der Waals surface area contributed by atoms with E-state index in [0.717, 1.165) is 17.0 Å². The van der Waals surface area contributed by atoms with E-state index < -0.39 is 23.1 Å². The zero-order valence-corrected chi connectivity index (χ0v) is 11.7. The molecule has 1 aromatic carbocycles. The van der Waals surface area contributed by atoms with Crippen LogP contribution in [0.4, 0.5) is 8.78 Å².